The molecule has 250 valence electrons. The third kappa shape index (κ3) is 16.4. The first-order valence-corrected chi connectivity index (χ1v) is 21.0. The highest BCUT2D eigenvalue weighted by Crippen LogP contribution is 2.54. The van der Waals surface area contributed by atoms with E-state index >= 15 is 0 Å². The van der Waals surface area contributed by atoms with Gasteiger partial charge in [0.15, 0.2) is 0 Å². The molecule has 0 N–H and O–H groups in total. The van der Waals surface area contributed by atoms with Crippen LogP contribution in [0.4, 0.5) is 0 Å². The molecule has 2 rings (SSSR count). The molecule has 0 aromatic carbocycles. The van der Waals surface area contributed by atoms with E-state index in [4.69, 9.17) is 0 Å². The van der Waals surface area contributed by atoms with E-state index in [9.17, 15) is 14.4 Å². The normalized spacial score (nSPS) is 20.8. The van der Waals surface area contributed by atoms with E-state index in [0.717, 1.165) is 31.8 Å². The van der Waals surface area contributed by atoms with Crippen molar-refractivity contribution in [3.8, 4) is 0 Å². The van der Waals surface area contributed by atoms with E-state index in [1.807, 2.05) is 11.9 Å². The highest BCUT2D eigenvalue weighted by Gasteiger charge is 2.36. The van der Waals surface area contributed by atoms with Crippen molar-refractivity contribution in [2.24, 2.45) is 5.92 Å². The van der Waals surface area contributed by atoms with E-state index in [0.29, 0.717) is 23.5 Å². The Balaban J connectivity index is 1.76. The molecule has 1 saturated heterocycles. The molecule has 1 aliphatic carbocycles. The van der Waals surface area contributed by atoms with Gasteiger partial charge in [-0.2, -0.15) is 0 Å². The molecule has 1 heterocycles. The molecule has 0 aromatic heterocycles. The smallest absolute Gasteiger partial charge is 0.134 e. The minimum Gasteiger partial charge on any atom is -0.233 e. The Morgan fingerprint density at radius 2 is 1.02 bits per heavy atom. The van der Waals surface area contributed by atoms with E-state index in [-0.39, 0.29) is 11.2 Å². The molecule has 0 bridgehead atoms. The number of carbonyl (C=O) groups excluding carboxylic acids is 3. The number of hydrogen-bond acceptors (Lipinski definition) is 3. The first kappa shape index (κ1) is 39.0. The molecular weight excluding hydrogens is 559 g/mol. The molecule has 2 fully saturated rings. The lowest BCUT2D eigenvalue weighted by Crippen LogP contribution is -2.26. The standard InChI is InChI=1S/C40H67O3P/c1-2-3-4-5-6-7-8-9-10-11-12-13-14-15-16-19-22-26-31-44-32-27-25-30-37(33-41)38(34-42)39(35-43)40(44)36-28-23-20-17-18-21-24-29-36/h36,40H,2-32H2,1H3. The van der Waals surface area contributed by atoms with Crippen LogP contribution in [0.15, 0.2) is 16.7 Å². The second-order valence-corrected chi connectivity index (χ2v) is 16.6. The number of unbranched alkanes of at least 4 members (excludes halogenated alkanes) is 17. The molecular formula is C40H67O3P. The fraction of sp³-hybridized carbons (Fsp3) is 0.850. The predicted molar refractivity (Wildman–Crippen MR) is 191 cm³/mol. The quantitative estimate of drug-likeness (QED) is 0.0767. The van der Waals surface area contributed by atoms with Crippen molar-refractivity contribution in [1.29, 1.82) is 0 Å². The Bertz CT molecular complexity index is 880. The summed E-state index contributed by atoms with van der Waals surface area (Å²) >= 11 is 0. The first-order chi connectivity index (χ1) is 21.8. The van der Waals surface area contributed by atoms with Gasteiger partial charge in [-0.3, -0.25) is 0 Å². The summed E-state index contributed by atoms with van der Waals surface area (Å²) in [5, 5.41) is 0. The summed E-state index contributed by atoms with van der Waals surface area (Å²) in [7, 11) is -0.436. The van der Waals surface area contributed by atoms with Crippen LogP contribution in [0.5, 0.6) is 0 Å². The Labute approximate surface area is 273 Å². The minimum absolute atomic E-state index is 0.0873. The summed E-state index contributed by atoms with van der Waals surface area (Å²) in [6.45, 7) is 2.29. The van der Waals surface area contributed by atoms with Gasteiger partial charge in [0, 0.05) is 5.66 Å². The van der Waals surface area contributed by atoms with Crippen LogP contribution >= 0.6 is 7.92 Å². The van der Waals surface area contributed by atoms with Gasteiger partial charge in [-0.1, -0.05) is 163 Å². The summed E-state index contributed by atoms with van der Waals surface area (Å²) in [5.74, 6) is 6.71. The number of allylic oxidation sites excluding steroid dienone is 3. The maximum absolute atomic E-state index is 12.5. The van der Waals surface area contributed by atoms with Gasteiger partial charge in [0.2, 0.25) is 0 Å². The van der Waals surface area contributed by atoms with Crippen LogP contribution in [0.1, 0.15) is 193 Å². The third-order valence-electron chi connectivity index (χ3n) is 10.4. The van der Waals surface area contributed by atoms with Gasteiger partial charge in [-0.15, -0.1) is 0 Å². The van der Waals surface area contributed by atoms with Crippen molar-refractivity contribution < 1.29 is 14.4 Å². The van der Waals surface area contributed by atoms with E-state index < -0.39 is 7.92 Å². The van der Waals surface area contributed by atoms with Gasteiger partial charge >= 0.3 is 0 Å². The summed E-state index contributed by atoms with van der Waals surface area (Å²) in [6, 6.07) is 0. The Kier molecular flexibility index (Phi) is 23.9. The lowest BCUT2D eigenvalue weighted by molar-refractivity contribution is 0.430. The zero-order valence-electron chi connectivity index (χ0n) is 28.7. The Morgan fingerprint density at radius 3 is 1.48 bits per heavy atom. The fourth-order valence-corrected chi connectivity index (χ4v) is 11.2. The van der Waals surface area contributed by atoms with E-state index in [1.165, 1.54) is 160 Å². The average molecular weight is 627 g/mol. The van der Waals surface area contributed by atoms with Gasteiger partial charge in [-0.05, 0) is 56.8 Å². The second kappa shape index (κ2) is 26.9. The lowest BCUT2D eigenvalue weighted by Gasteiger charge is -2.35. The number of rotatable bonds is 20. The summed E-state index contributed by atoms with van der Waals surface area (Å²) in [6.07, 6.45) is 39.5. The Hall–Kier alpha value is -1.22. The van der Waals surface area contributed by atoms with Crippen LogP contribution in [-0.4, -0.2) is 35.8 Å². The molecule has 0 aromatic rings. The van der Waals surface area contributed by atoms with Crippen molar-refractivity contribution in [2.75, 3.05) is 12.3 Å². The summed E-state index contributed by atoms with van der Waals surface area (Å²) in [4.78, 5) is 36.5. The second-order valence-electron chi connectivity index (χ2n) is 14.0. The largest absolute Gasteiger partial charge is 0.233 e. The molecule has 1 aliphatic heterocycles. The van der Waals surface area contributed by atoms with Gasteiger partial charge in [0.05, 0.1) is 16.7 Å². The SMILES string of the molecule is CCCCCCCCCCCCCCCCCCCCP1CCCCC(=C=O)C(=C=O)C(=C=O)C1C1CCCCCCCC1. The third-order valence-corrected chi connectivity index (χ3v) is 13.6. The first-order valence-electron chi connectivity index (χ1n) is 19.3. The minimum atomic E-state index is -0.436. The molecule has 2 unspecified atom stereocenters. The molecule has 2 aliphatic rings. The predicted octanol–water partition coefficient (Wildman–Crippen LogP) is 12.1. The zero-order chi connectivity index (χ0) is 31.5. The van der Waals surface area contributed by atoms with Crippen LogP contribution in [0.3, 0.4) is 0 Å². The molecule has 4 heteroatoms. The van der Waals surface area contributed by atoms with Crippen molar-refractivity contribution in [3.63, 3.8) is 0 Å². The molecule has 1 saturated carbocycles. The van der Waals surface area contributed by atoms with E-state index in [1.54, 1.807) is 0 Å². The molecule has 0 radical (unpaired) electrons. The highest BCUT2D eigenvalue weighted by molar-refractivity contribution is 7.58. The molecule has 3 nitrogen and oxygen atoms in total. The lowest BCUT2D eigenvalue weighted by atomic mass is 9.85. The van der Waals surface area contributed by atoms with Gasteiger partial charge in [0.1, 0.15) is 17.8 Å². The van der Waals surface area contributed by atoms with E-state index in [2.05, 4.69) is 12.9 Å². The number of hydrogen-bond donors (Lipinski definition) is 0. The van der Waals surface area contributed by atoms with Gasteiger partial charge in [0.25, 0.3) is 0 Å². The summed E-state index contributed by atoms with van der Waals surface area (Å²) < 4.78 is 0. The molecule has 2 atom stereocenters. The van der Waals surface area contributed by atoms with Crippen LogP contribution in [-0.2, 0) is 14.4 Å². The topological polar surface area (TPSA) is 51.2 Å². The maximum Gasteiger partial charge on any atom is 0.134 e. The average Bonchev–Trinajstić information content (AvgIpc) is 3.22. The van der Waals surface area contributed by atoms with Crippen LogP contribution in [0, 0.1) is 5.92 Å². The maximum atomic E-state index is 12.5. The van der Waals surface area contributed by atoms with Gasteiger partial charge < -0.3 is 0 Å². The fourth-order valence-electron chi connectivity index (χ4n) is 7.69. The monoisotopic (exact) mass is 626 g/mol. The van der Waals surface area contributed by atoms with Gasteiger partial charge in [-0.25, -0.2) is 14.4 Å². The van der Waals surface area contributed by atoms with Crippen molar-refractivity contribution in [3.05, 3.63) is 16.7 Å². The van der Waals surface area contributed by atoms with Crippen molar-refractivity contribution in [1.82, 2.24) is 0 Å². The van der Waals surface area contributed by atoms with Crippen molar-refractivity contribution >= 4 is 25.7 Å². The highest BCUT2D eigenvalue weighted by atomic mass is 31.1. The Morgan fingerprint density at radius 1 is 0.545 bits per heavy atom. The molecule has 44 heavy (non-hydrogen) atoms. The van der Waals surface area contributed by atoms with Crippen LogP contribution < -0.4 is 0 Å². The zero-order valence-corrected chi connectivity index (χ0v) is 29.6. The van der Waals surface area contributed by atoms with Crippen molar-refractivity contribution in [2.45, 2.75) is 199 Å². The van der Waals surface area contributed by atoms with Crippen LogP contribution in [0.25, 0.3) is 0 Å². The van der Waals surface area contributed by atoms with Crippen LogP contribution in [0.2, 0.25) is 0 Å². The summed E-state index contributed by atoms with van der Waals surface area (Å²) in [5.41, 5.74) is 1.14. The molecule has 0 amide bonds. The molecule has 0 spiro atoms.